The van der Waals surface area contributed by atoms with E-state index in [1.165, 1.54) is 12.1 Å². The summed E-state index contributed by atoms with van der Waals surface area (Å²) in [6.45, 7) is 5.35. The zero-order valence-electron chi connectivity index (χ0n) is 15.0. The fourth-order valence-electron chi connectivity index (χ4n) is 4.15. The Hall–Kier alpha value is -1.44. The Morgan fingerprint density at radius 1 is 1.20 bits per heavy atom. The van der Waals surface area contributed by atoms with E-state index in [1.807, 2.05) is 0 Å². The summed E-state index contributed by atoms with van der Waals surface area (Å²) in [4.78, 5) is 12.8. The molecule has 0 aromatic heterocycles. The third-order valence-corrected chi connectivity index (χ3v) is 6.89. The van der Waals surface area contributed by atoms with Crippen molar-refractivity contribution in [2.75, 3.05) is 5.32 Å². The molecule has 0 heterocycles. The Morgan fingerprint density at radius 3 is 2.48 bits per heavy atom. The van der Waals surface area contributed by atoms with E-state index < -0.39 is 15.6 Å². The molecule has 2 fully saturated rings. The quantitative estimate of drug-likeness (QED) is 0.760. The van der Waals surface area contributed by atoms with Gasteiger partial charge in [0, 0.05) is 17.3 Å². The van der Waals surface area contributed by atoms with Gasteiger partial charge in [-0.1, -0.05) is 6.07 Å². The van der Waals surface area contributed by atoms with Crippen LogP contribution in [0.5, 0.6) is 0 Å². The van der Waals surface area contributed by atoms with Gasteiger partial charge in [-0.3, -0.25) is 4.79 Å². The van der Waals surface area contributed by atoms with Gasteiger partial charge < -0.3 is 11.1 Å². The normalized spacial score (nSPS) is 29.0. The molecular formula is C18H27N3O3S. The minimum Gasteiger partial charge on any atom is -0.327 e. The number of nitrogens with two attached hydrogens (primary N) is 1. The van der Waals surface area contributed by atoms with E-state index in [9.17, 15) is 13.2 Å². The Bertz CT molecular complexity index is 768. The monoisotopic (exact) mass is 365 g/mol. The molecule has 4 atom stereocenters. The number of hydrogen-bond acceptors (Lipinski definition) is 4. The smallest absolute Gasteiger partial charge is 0.241 e. The highest BCUT2D eigenvalue weighted by atomic mass is 32.2. The van der Waals surface area contributed by atoms with Gasteiger partial charge in [0.05, 0.1) is 10.8 Å². The molecule has 7 heteroatoms. The molecule has 2 bridgehead atoms. The van der Waals surface area contributed by atoms with E-state index in [2.05, 4.69) is 10.0 Å². The molecule has 4 unspecified atom stereocenters. The van der Waals surface area contributed by atoms with Crippen LogP contribution >= 0.6 is 0 Å². The maximum Gasteiger partial charge on any atom is 0.241 e. The molecule has 0 radical (unpaired) electrons. The van der Waals surface area contributed by atoms with Crippen LogP contribution in [0.15, 0.2) is 29.2 Å². The molecule has 6 nitrogen and oxygen atoms in total. The number of rotatable bonds is 4. The standard InChI is InChI=1S/C18H27N3O3S/c1-18(2,3)21-25(23,24)14-6-4-5-13(10-14)20-17(22)15-11-7-8-12(9-11)16(15)19/h4-6,10-12,15-16,21H,7-9,19H2,1-3H3,(H,20,22). The van der Waals surface area contributed by atoms with Crippen LogP contribution in [-0.2, 0) is 14.8 Å². The lowest BCUT2D eigenvalue weighted by Gasteiger charge is -2.27. The van der Waals surface area contributed by atoms with Crippen LogP contribution in [0.25, 0.3) is 0 Å². The molecule has 0 saturated heterocycles. The largest absolute Gasteiger partial charge is 0.327 e. The number of hydrogen-bond donors (Lipinski definition) is 3. The predicted molar refractivity (Wildman–Crippen MR) is 97.4 cm³/mol. The van der Waals surface area contributed by atoms with Crippen molar-refractivity contribution in [3.8, 4) is 0 Å². The van der Waals surface area contributed by atoms with Crippen molar-refractivity contribution in [2.45, 2.75) is 56.5 Å². The summed E-state index contributed by atoms with van der Waals surface area (Å²) >= 11 is 0. The number of anilines is 1. The second-order valence-electron chi connectivity index (χ2n) is 8.31. The number of fused-ring (bicyclic) bond motifs is 2. The van der Waals surface area contributed by atoms with Crippen molar-refractivity contribution < 1.29 is 13.2 Å². The van der Waals surface area contributed by atoms with Crippen molar-refractivity contribution in [3.05, 3.63) is 24.3 Å². The molecule has 1 amide bonds. The lowest BCUT2D eigenvalue weighted by molar-refractivity contribution is -0.121. The highest BCUT2D eigenvalue weighted by Crippen LogP contribution is 2.47. The van der Waals surface area contributed by atoms with Gasteiger partial charge >= 0.3 is 0 Å². The van der Waals surface area contributed by atoms with E-state index in [0.717, 1.165) is 19.3 Å². The topological polar surface area (TPSA) is 101 Å². The van der Waals surface area contributed by atoms with Crippen molar-refractivity contribution in [1.82, 2.24) is 4.72 Å². The van der Waals surface area contributed by atoms with Gasteiger partial charge in [-0.15, -0.1) is 0 Å². The van der Waals surface area contributed by atoms with Gasteiger partial charge in [0.1, 0.15) is 0 Å². The number of carbonyl (C=O) groups is 1. The average Bonchev–Trinajstić information content (AvgIpc) is 3.05. The van der Waals surface area contributed by atoms with Crippen LogP contribution in [0.4, 0.5) is 5.69 Å². The Labute approximate surface area is 149 Å². The first kappa shape index (κ1) is 18.4. The Kier molecular flexibility index (Phi) is 4.68. The van der Waals surface area contributed by atoms with Gasteiger partial charge in [-0.05, 0) is 70.1 Å². The molecule has 25 heavy (non-hydrogen) atoms. The average molecular weight is 365 g/mol. The highest BCUT2D eigenvalue weighted by molar-refractivity contribution is 7.89. The summed E-state index contributed by atoms with van der Waals surface area (Å²) in [5.41, 5.74) is 6.13. The maximum atomic E-state index is 12.6. The Morgan fingerprint density at radius 2 is 1.88 bits per heavy atom. The maximum absolute atomic E-state index is 12.6. The van der Waals surface area contributed by atoms with Gasteiger partial charge in [0.15, 0.2) is 0 Å². The SMILES string of the molecule is CC(C)(C)NS(=O)(=O)c1cccc(NC(=O)C2C3CCC(C3)C2N)c1. The van der Waals surface area contributed by atoms with Crippen LogP contribution in [0.2, 0.25) is 0 Å². The highest BCUT2D eigenvalue weighted by Gasteiger charge is 2.49. The molecule has 2 saturated carbocycles. The molecule has 1 aromatic rings. The molecule has 2 aliphatic rings. The number of sulfonamides is 1. The lowest BCUT2D eigenvalue weighted by atomic mass is 9.84. The summed E-state index contributed by atoms with van der Waals surface area (Å²) in [6.07, 6.45) is 3.20. The number of amides is 1. The third kappa shape index (κ3) is 3.88. The van der Waals surface area contributed by atoms with Crippen LogP contribution in [0.3, 0.4) is 0 Å². The van der Waals surface area contributed by atoms with E-state index in [1.54, 1.807) is 32.9 Å². The van der Waals surface area contributed by atoms with Crippen LogP contribution in [0.1, 0.15) is 40.0 Å². The van der Waals surface area contributed by atoms with Gasteiger partial charge in [-0.2, -0.15) is 0 Å². The second kappa shape index (κ2) is 6.37. The first-order chi connectivity index (χ1) is 11.6. The molecular weight excluding hydrogens is 338 g/mol. The van der Waals surface area contributed by atoms with E-state index in [0.29, 0.717) is 17.5 Å². The van der Waals surface area contributed by atoms with Gasteiger partial charge in [0.25, 0.3) is 0 Å². The van der Waals surface area contributed by atoms with Crippen molar-refractivity contribution in [1.29, 1.82) is 0 Å². The Balaban J connectivity index is 1.75. The van der Waals surface area contributed by atoms with Crippen molar-refractivity contribution in [2.24, 2.45) is 23.5 Å². The van der Waals surface area contributed by atoms with Crippen molar-refractivity contribution >= 4 is 21.6 Å². The molecule has 0 aliphatic heterocycles. The van der Waals surface area contributed by atoms with E-state index in [4.69, 9.17) is 5.73 Å². The minimum atomic E-state index is -3.64. The number of benzene rings is 1. The number of nitrogens with one attached hydrogen (secondary N) is 2. The van der Waals surface area contributed by atoms with Gasteiger partial charge in [-0.25, -0.2) is 13.1 Å². The van der Waals surface area contributed by atoms with Crippen molar-refractivity contribution in [3.63, 3.8) is 0 Å². The molecule has 1 aromatic carbocycles. The molecule has 0 spiro atoms. The van der Waals surface area contributed by atoms with E-state index >= 15 is 0 Å². The fraction of sp³-hybridized carbons (Fsp3) is 0.611. The summed E-state index contributed by atoms with van der Waals surface area (Å²) in [7, 11) is -3.64. The van der Waals surface area contributed by atoms with Crippen LogP contribution in [0, 0.1) is 17.8 Å². The summed E-state index contributed by atoms with van der Waals surface area (Å²) in [6, 6.07) is 6.26. The summed E-state index contributed by atoms with van der Waals surface area (Å²) in [5.74, 6) is 0.530. The summed E-state index contributed by atoms with van der Waals surface area (Å²) < 4.78 is 27.5. The minimum absolute atomic E-state index is 0.0896. The summed E-state index contributed by atoms with van der Waals surface area (Å²) in [5, 5.41) is 2.86. The first-order valence-corrected chi connectivity index (χ1v) is 10.3. The number of carbonyl (C=O) groups excluding carboxylic acids is 1. The van der Waals surface area contributed by atoms with Gasteiger partial charge in [0.2, 0.25) is 15.9 Å². The third-order valence-electron chi connectivity index (χ3n) is 5.14. The molecule has 3 rings (SSSR count). The zero-order valence-corrected chi connectivity index (χ0v) is 15.8. The molecule has 2 aliphatic carbocycles. The second-order valence-corrected chi connectivity index (χ2v) is 9.99. The predicted octanol–water partition coefficient (Wildman–Crippen LogP) is 2.08. The van der Waals surface area contributed by atoms with E-state index in [-0.39, 0.29) is 22.8 Å². The first-order valence-electron chi connectivity index (χ1n) is 8.77. The van der Waals surface area contributed by atoms with Crippen LogP contribution < -0.4 is 15.8 Å². The fourth-order valence-corrected chi connectivity index (χ4v) is 5.62. The lowest BCUT2D eigenvalue weighted by Crippen LogP contribution is -2.42. The van der Waals surface area contributed by atoms with Crippen LogP contribution in [-0.4, -0.2) is 25.9 Å². The molecule has 4 N–H and O–H groups in total. The molecule has 138 valence electrons. The zero-order chi connectivity index (χ0) is 18.4.